The number of nitrogens with one attached hydrogen (secondary N) is 1. The molecule has 0 spiro atoms. The second kappa shape index (κ2) is 9.59. The average molecular weight is 447 g/mol. The minimum atomic E-state index is -3.50. The monoisotopic (exact) mass is 446 g/mol. The molecular weight excluding hydrogens is 420 g/mol. The van der Waals surface area contributed by atoms with E-state index in [2.05, 4.69) is 5.32 Å². The van der Waals surface area contributed by atoms with Crippen molar-refractivity contribution in [1.29, 1.82) is 0 Å². The number of sulfonamides is 1. The second-order valence-corrected chi connectivity index (χ2v) is 11.0. The number of fused-ring (bicyclic) bond motifs is 1. The molecule has 1 aromatic rings. The average Bonchev–Trinajstić information content (AvgIpc) is 2.85. The minimum Gasteiger partial charge on any atom is -0.478 e. The maximum atomic E-state index is 12.6. The number of carbonyl (C=O) groups excluding carboxylic acids is 1. The Bertz CT molecular complexity index is 797. The second-order valence-electron chi connectivity index (χ2n) is 7.26. The lowest BCUT2D eigenvalue weighted by Gasteiger charge is -2.21. The number of halogens is 1. The van der Waals surface area contributed by atoms with Crippen LogP contribution in [0.1, 0.15) is 38.5 Å². The first kappa shape index (κ1) is 21.6. The molecule has 1 unspecified atom stereocenters. The molecule has 156 valence electrons. The van der Waals surface area contributed by atoms with Gasteiger partial charge in [-0.15, -0.1) is 0 Å². The Labute approximate surface area is 176 Å². The largest absolute Gasteiger partial charge is 0.478 e. The number of amides is 1. The molecule has 0 radical (unpaired) electrons. The maximum absolute atomic E-state index is 12.6. The third-order valence-corrected chi connectivity index (χ3v) is 7.85. The highest BCUT2D eigenvalue weighted by atomic mass is 35.5. The number of hydrogen-bond donors (Lipinski definition) is 1. The van der Waals surface area contributed by atoms with Crippen molar-refractivity contribution < 1.29 is 17.9 Å². The van der Waals surface area contributed by atoms with E-state index in [1.807, 2.05) is 11.8 Å². The fourth-order valence-electron chi connectivity index (χ4n) is 3.63. The van der Waals surface area contributed by atoms with E-state index in [0.717, 1.165) is 12.0 Å². The highest BCUT2D eigenvalue weighted by molar-refractivity contribution is 7.99. The van der Waals surface area contributed by atoms with E-state index in [-0.39, 0.29) is 18.9 Å². The first-order valence-corrected chi connectivity index (χ1v) is 13.0. The molecule has 1 atom stereocenters. The Morgan fingerprint density at radius 3 is 2.75 bits per heavy atom. The first-order valence-electron chi connectivity index (χ1n) is 9.68. The molecule has 9 heteroatoms. The van der Waals surface area contributed by atoms with E-state index >= 15 is 0 Å². The van der Waals surface area contributed by atoms with Gasteiger partial charge in [0.2, 0.25) is 10.0 Å². The number of hydrogen-bond acceptors (Lipinski definition) is 5. The molecule has 0 bridgehead atoms. The number of nitrogens with zero attached hydrogens (tertiary/aromatic N) is 1. The summed E-state index contributed by atoms with van der Waals surface area (Å²) in [5, 5.41) is 4.06. The molecule has 1 amide bonds. The summed E-state index contributed by atoms with van der Waals surface area (Å²) < 4.78 is 31.5. The zero-order chi connectivity index (χ0) is 20.1. The van der Waals surface area contributed by atoms with Crippen molar-refractivity contribution in [3.05, 3.63) is 23.2 Å². The molecule has 1 N–H and O–H groups in total. The number of benzene rings is 1. The molecule has 28 heavy (non-hydrogen) atoms. The van der Waals surface area contributed by atoms with Gasteiger partial charge in [0.05, 0.1) is 11.9 Å². The van der Waals surface area contributed by atoms with Gasteiger partial charge in [-0.25, -0.2) is 8.42 Å². The first-order chi connectivity index (χ1) is 13.3. The van der Waals surface area contributed by atoms with Gasteiger partial charge in [-0.2, -0.15) is 11.8 Å². The molecule has 1 fully saturated rings. The van der Waals surface area contributed by atoms with E-state index in [9.17, 15) is 13.2 Å². The van der Waals surface area contributed by atoms with Crippen LogP contribution in [0.3, 0.4) is 0 Å². The highest BCUT2D eigenvalue weighted by Crippen LogP contribution is 2.36. The molecule has 1 aliphatic heterocycles. The summed E-state index contributed by atoms with van der Waals surface area (Å²) in [6, 6.07) is 4.79. The van der Waals surface area contributed by atoms with Crippen LogP contribution in [0.15, 0.2) is 18.2 Å². The van der Waals surface area contributed by atoms with Gasteiger partial charge < -0.3 is 10.1 Å². The van der Waals surface area contributed by atoms with Crippen molar-refractivity contribution in [3.63, 3.8) is 0 Å². The SMILES string of the molecule is CS(=O)(=O)N1CCC(C(=O)NCCSC2CCCCC2)Oc2ccc(Cl)cc21. The summed E-state index contributed by atoms with van der Waals surface area (Å²) in [5.74, 6) is 1.02. The van der Waals surface area contributed by atoms with Gasteiger partial charge in [0.15, 0.2) is 6.10 Å². The third-order valence-electron chi connectivity index (χ3n) is 5.05. The van der Waals surface area contributed by atoms with Crippen molar-refractivity contribution in [3.8, 4) is 5.75 Å². The van der Waals surface area contributed by atoms with Crippen LogP contribution in [0.5, 0.6) is 5.75 Å². The Morgan fingerprint density at radius 2 is 2.04 bits per heavy atom. The molecular formula is C19H27ClN2O4S2. The summed E-state index contributed by atoms with van der Waals surface area (Å²) in [5.41, 5.74) is 0.373. The zero-order valence-electron chi connectivity index (χ0n) is 16.0. The van der Waals surface area contributed by atoms with Crippen LogP contribution in [0.25, 0.3) is 0 Å². The minimum absolute atomic E-state index is 0.168. The Hall–Kier alpha value is -1.12. The third kappa shape index (κ3) is 5.70. The quantitative estimate of drug-likeness (QED) is 0.677. The van der Waals surface area contributed by atoms with Crippen molar-refractivity contribution in [2.45, 2.75) is 49.9 Å². The van der Waals surface area contributed by atoms with Crippen molar-refractivity contribution in [2.75, 3.05) is 29.4 Å². The lowest BCUT2D eigenvalue weighted by atomic mass is 10.0. The van der Waals surface area contributed by atoms with Crippen molar-refractivity contribution in [1.82, 2.24) is 5.32 Å². The molecule has 1 aromatic carbocycles. The number of anilines is 1. The number of rotatable bonds is 6. The summed E-state index contributed by atoms with van der Waals surface area (Å²) in [7, 11) is -3.50. The van der Waals surface area contributed by atoms with Gasteiger partial charge in [0, 0.05) is 35.5 Å². The molecule has 2 aliphatic rings. The van der Waals surface area contributed by atoms with Crippen LogP contribution in [-0.4, -0.2) is 50.8 Å². The van der Waals surface area contributed by atoms with Gasteiger partial charge in [0.1, 0.15) is 5.75 Å². The molecule has 0 aromatic heterocycles. The maximum Gasteiger partial charge on any atom is 0.261 e. The summed E-state index contributed by atoms with van der Waals surface area (Å²) >= 11 is 7.96. The topological polar surface area (TPSA) is 75.7 Å². The Kier molecular flexibility index (Phi) is 7.39. The fourth-order valence-corrected chi connectivity index (χ4v) is 5.95. The lowest BCUT2D eigenvalue weighted by Crippen LogP contribution is -2.40. The van der Waals surface area contributed by atoms with Crippen LogP contribution in [0.4, 0.5) is 5.69 Å². The van der Waals surface area contributed by atoms with E-state index < -0.39 is 16.1 Å². The van der Waals surface area contributed by atoms with E-state index in [1.54, 1.807) is 18.2 Å². The number of carbonyl (C=O) groups is 1. The standard InChI is InChI=1S/C19H27ClN2O4S2/c1-28(24,25)22-11-9-18(26-17-8-7-14(20)13-16(17)22)19(23)21-10-12-27-15-5-3-2-4-6-15/h7-8,13,15,18H,2-6,9-12H2,1H3,(H,21,23). The Morgan fingerprint density at radius 1 is 1.29 bits per heavy atom. The molecule has 6 nitrogen and oxygen atoms in total. The summed E-state index contributed by atoms with van der Waals surface area (Å²) in [6.07, 6.45) is 7.17. The molecule has 1 saturated carbocycles. The van der Waals surface area contributed by atoms with E-state index in [4.69, 9.17) is 16.3 Å². The van der Waals surface area contributed by atoms with E-state index in [0.29, 0.717) is 28.3 Å². The predicted molar refractivity (Wildman–Crippen MR) is 115 cm³/mol. The van der Waals surface area contributed by atoms with Gasteiger partial charge in [0.25, 0.3) is 5.91 Å². The molecule has 3 rings (SSSR count). The van der Waals surface area contributed by atoms with Crippen molar-refractivity contribution >= 4 is 45.0 Å². The Balaban J connectivity index is 1.59. The predicted octanol–water partition coefficient (Wildman–Crippen LogP) is 3.44. The van der Waals surface area contributed by atoms with Crippen LogP contribution in [0.2, 0.25) is 5.02 Å². The van der Waals surface area contributed by atoms with Crippen LogP contribution >= 0.6 is 23.4 Å². The van der Waals surface area contributed by atoms with Gasteiger partial charge in [-0.3, -0.25) is 9.10 Å². The number of ether oxygens (including phenoxy) is 1. The van der Waals surface area contributed by atoms with E-state index in [1.165, 1.54) is 36.4 Å². The summed E-state index contributed by atoms with van der Waals surface area (Å²) in [6.45, 7) is 0.754. The molecule has 1 heterocycles. The van der Waals surface area contributed by atoms with Gasteiger partial charge in [-0.05, 0) is 31.0 Å². The highest BCUT2D eigenvalue weighted by Gasteiger charge is 2.31. The zero-order valence-corrected chi connectivity index (χ0v) is 18.4. The van der Waals surface area contributed by atoms with Gasteiger partial charge >= 0.3 is 0 Å². The molecule has 0 saturated heterocycles. The van der Waals surface area contributed by atoms with Crippen LogP contribution < -0.4 is 14.4 Å². The van der Waals surface area contributed by atoms with Crippen LogP contribution in [-0.2, 0) is 14.8 Å². The fraction of sp³-hybridized carbons (Fsp3) is 0.632. The lowest BCUT2D eigenvalue weighted by molar-refractivity contribution is -0.127. The van der Waals surface area contributed by atoms with Crippen LogP contribution in [0, 0.1) is 0 Å². The number of thioether (sulfide) groups is 1. The molecule has 1 aliphatic carbocycles. The normalized spacial score (nSPS) is 20.8. The smallest absolute Gasteiger partial charge is 0.261 e. The van der Waals surface area contributed by atoms with Gasteiger partial charge in [-0.1, -0.05) is 30.9 Å². The van der Waals surface area contributed by atoms with Crippen molar-refractivity contribution in [2.24, 2.45) is 0 Å². The summed E-state index contributed by atoms with van der Waals surface area (Å²) in [4.78, 5) is 12.6.